The third kappa shape index (κ3) is 65.0. The number of halogens is 1. The first kappa shape index (κ1) is 17.2. The van der Waals surface area contributed by atoms with Crippen molar-refractivity contribution >= 4 is 25.0 Å². The van der Waals surface area contributed by atoms with Gasteiger partial charge < -0.3 is 12.6 Å². The maximum Gasteiger partial charge on any atom is 1.00 e. The van der Waals surface area contributed by atoms with Crippen LogP contribution in [0.5, 0.6) is 0 Å². The van der Waals surface area contributed by atoms with E-state index in [4.69, 9.17) is 5.26 Å². The van der Waals surface area contributed by atoms with Gasteiger partial charge in [0.2, 0.25) is 0 Å². The van der Waals surface area contributed by atoms with Crippen molar-refractivity contribution in [3.8, 4) is 5.40 Å². The molecule has 0 saturated heterocycles. The number of hydrogen-bond acceptors (Lipinski definition) is 2. The Hall–Kier alpha value is 0.740. The predicted octanol–water partition coefficient (Wildman–Crippen LogP) is 0.434. The number of rotatable bonds is 0. The van der Waals surface area contributed by atoms with Crippen molar-refractivity contribution in [2.45, 2.75) is 0 Å². The van der Waals surface area contributed by atoms with Gasteiger partial charge in [-0.15, -0.1) is 12.4 Å². The minimum absolute atomic E-state index is 0. The molecule has 0 fully saturated rings. The van der Waals surface area contributed by atoms with Crippen LogP contribution in [0, 0.1) is 10.7 Å². The van der Waals surface area contributed by atoms with Crippen LogP contribution in [0.25, 0.3) is 0 Å². The van der Waals surface area contributed by atoms with E-state index in [1.165, 1.54) is 5.40 Å². The molecule has 1 nitrogen and oxygen atoms in total. The molecular weight excluding hydrogens is 201 g/mol. The molecule has 0 unspecified atom stereocenters. The fraction of sp³-hybridized carbons (Fsp3) is 0. The molecule has 4 heteroatoms. The summed E-state index contributed by atoms with van der Waals surface area (Å²) in [7, 11) is 0. The van der Waals surface area contributed by atoms with Crippen LogP contribution in [0.1, 0.15) is 0 Å². The van der Waals surface area contributed by atoms with Gasteiger partial charge in [0.25, 0.3) is 0 Å². The Morgan fingerprint density at radius 1 is 1.60 bits per heavy atom. The molecule has 5 heavy (non-hydrogen) atoms. The van der Waals surface area contributed by atoms with Crippen LogP contribution in [0.2, 0.25) is 0 Å². The number of hydrogen-bond donors (Lipinski definition) is 0. The van der Waals surface area contributed by atoms with Gasteiger partial charge in [-0.2, -0.15) is 0 Å². The molecule has 0 bridgehead atoms. The van der Waals surface area contributed by atoms with Crippen LogP contribution >= 0.6 is 12.4 Å². The summed E-state index contributed by atoms with van der Waals surface area (Å²) in [6.07, 6.45) is 0. The minimum Gasteiger partial charge on any atom is -0.696 e. The fourth-order valence-corrected chi connectivity index (χ4v) is 0. The summed E-state index contributed by atoms with van der Waals surface area (Å²) < 4.78 is 0. The van der Waals surface area contributed by atoms with Crippen LogP contribution in [-0.2, 0) is 35.0 Å². The first-order valence-corrected chi connectivity index (χ1v) is 0.836. The van der Waals surface area contributed by atoms with E-state index in [0.29, 0.717) is 0 Å². The second-order valence-electron chi connectivity index (χ2n) is 0.0913. The smallest absolute Gasteiger partial charge is 0.696 e. The first-order chi connectivity index (χ1) is 1.41. The molecule has 0 aromatic heterocycles. The number of thiocyanates is 1. The first-order valence-electron chi connectivity index (χ1n) is 0.428. The van der Waals surface area contributed by atoms with Crippen LogP contribution in [0.15, 0.2) is 0 Å². The average molecular weight is 202 g/mol. The second kappa shape index (κ2) is 21.9. The van der Waals surface area contributed by atoms with E-state index < -0.39 is 0 Å². The molecule has 0 spiro atoms. The molecular formula is CHAgClNS. The monoisotopic (exact) mass is 201 g/mol. The van der Waals surface area contributed by atoms with Crippen molar-refractivity contribution in [3.63, 3.8) is 0 Å². The Kier molecular flexibility index (Phi) is 75.2. The van der Waals surface area contributed by atoms with Crippen molar-refractivity contribution < 1.29 is 22.4 Å². The second-order valence-corrected chi connectivity index (χ2v) is 0.274. The summed E-state index contributed by atoms with van der Waals surface area (Å²) in [5.41, 5.74) is 0. The van der Waals surface area contributed by atoms with Gasteiger partial charge in [0, 0.05) is 0 Å². The third-order valence-electron chi connectivity index (χ3n) is 0. The molecule has 0 radical (unpaired) electrons. The molecule has 0 aromatic rings. The Balaban J connectivity index is -0.0000000200. The van der Waals surface area contributed by atoms with E-state index >= 15 is 0 Å². The maximum atomic E-state index is 7.13. The van der Waals surface area contributed by atoms with E-state index in [1.54, 1.807) is 0 Å². The SMILES string of the molecule is Cl.N#C[S-].[Ag+]. The Morgan fingerprint density at radius 3 is 1.60 bits per heavy atom. The summed E-state index contributed by atoms with van der Waals surface area (Å²) in [4.78, 5) is 0. The van der Waals surface area contributed by atoms with E-state index in [9.17, 15) is 0 Å². The van der Waals surface area contributed by atoms with Gasteiger partial charge in [-0.1, -0.05) is 5.40 Å². The molecule has 0 saturated carbocycles. The zero-order chi connectivity index (χ0) is 2.71. The zero-order valence-corrected chi connectivity index (χ0v) is 5.18. The minimum atomic E-state index is 0. The molecule has 0 aliphatic heterocycles. The standard InChI is InChI=1S/CHNS.Ag.ClH/c2-1-3;;/h3H;;1H/q;+1;/p-1. The maximum absolute atomic E-state index is 7.13. The summed E-state index contributed by atoms with van der Waals surface area (Å²) in [6.45, 7) is 0. The molecule has 0 aromatic carbocycles. The molecule has 34 valence electrons. The summed E-state index contributed by atoms with van der Waals surface area (Å²) in [6, 6.07) is 0. The van der Waals surface area contributed by atoms with Crippen LogP contribution in [-0.4, -0.2) is 0 Å². The normalized spacial score (nSPS) is 1.40. The molecule has 0 heterocycles. The van der Waals surface area contributed by atoms with Gasteiger partial charge >= 0.3 is 22.4 Å². The topological polar surface area (TPSA) is 23.8 Å². The fourth-order valence-electron chi connectivity index (χ4n) is 0. The van der Waals surface area contributed by atoms with Crippen LogP contribution in [0.4, 0.5) is 0 Å². The third-order valence-corrected chi connectivity index (χ3v) is 0. The quantitative estimate of drug-likeness (QED) is 0.323. The molecule has 0 atom stereocenters. The van der Waals surface area contributed by atoms with Gasteiger partial charge in [0.15, 0.2) is 0 Å². The number of nitrogens with zero attached hydrogens (tertiary/aromatic N) is 1. The summed E-state index contributed by atoms with van der Waals surface area (Å²) in [5.74, 6) is 0. The Labute approximate surface area is 58.1 Å². The van der Waals surface area contributed by atoms with E-state index in [0.717, 1.165) is 0 Å². The number of nitriles is 1. The zero-order valence-electron chi connectivity index (χ0n) is 2.07. The van der Waals surface area contributed by atoms with Crippen molar-refractivity contribution in [1.82, 2.24) is 0 Å². The van der Waals surface area contributed by atoms with Gasteiger partial charge in [0.1, 0.15) is 0 Å². The van der Waals surface area contributed by atoms with Crippen LogP contribution in [0.3, 0.4) is 0 Å². The summed E-state index contributed by atoms with van der Waals surface area (Å²) >= 11 is 3.70. The van der Waals surface area contributed by atoms with E-state index in [-0.39, 0.29) is 34.8 Å². The molecule has 0 aliphatic carbocycles. The van der Waals surface area contributed by atoms with Crippen LogP contribution < -0.4 is 0 Å². The van der Waals surface area contributed by atoms with Gasteiger partial charge in [0.05, 0.1) is 0 Å². The molecule has 0 aliphatic rings. The average Bonchev–Trinajstić information content (AvgIpc) is 0.918. The molecule has 0 N–H and O–H groups in total. The molecule has 0 amide bonds. The van der Waals surface area contributed by atoms with Gasteiger partial charge in [-0.05, 0) is 0 Å². The Bertz CT molecular complexity index is 33.1. The van der Waals surface area contributed by atoms with Crippen molar-refractivity contribution in [2.24, 2.45) is 0 Å². The largest absolute Gasteiger partial charge is 1.00 e. The predicted molar refractivity (Wildman–Crippen MR) is 20.2 cm³/mol. The van der Waals surface area contributed by atoms with Crippen molar-refractivity contribution in [1.29, 1.82) is 5.26 Å². The van der Waals surface area contributed by atoms with Crippen molar-refractivity contribution in [3.05, 3.63) is 0 Å². The molecule has 0 rings (SSSR count). The summed E-state index contributed by atoms with van der Waals surface area (Å²) in [5, 5.41) is 8.47. The van der Waals surface area contributed by atoms with E-state index in [2.05, 4.69) is 12.6 Å². The van der Waals surface area contributed by atoms with Gasteiger partial charge in [-0.25, -0.2) is 5.26 Å². The Morgan fingerprint density at radius 2 is 1.60 bits per heavy atom. The van der Waals surface area contributed by atoms with Crippen molar-refractivity contribution in [2.75, 3.05) is 0 Å². The van der Waals surface area contributed by atoms with Gasteiger partial charge in [-0.3, -0.25) is 0 Å². The van der Waals surface area contributed by atoms with E-state index in [1.807, 2.05) is 0 Å².